The minimum absolute atomic E-state index is 0.301. The van der Waals surface area contributed by atoms with E-state index >= 15 is 0 Å². The summed E-state index contributed by atoms with van der Waals surface area (Å²) in [6.07, 6.45) is 4.85. The van der Waals surface area contributed by atoms with Crippen LogP contribution in [0.15, 0.2) is 0 Å². The van der Waals surface area contributed by atoms with Gasteiger partial charge < -0.3 is 15.7 Å². The molecule has 4 heteroatoms. The smallest absolute Gasteiger partial charge is 0.307 e. The van der Waals surface area contributed by atoms with Gasteiger partial charge in [0, 0.05) is 12.6 Å². The van der Waals surface area contributed by atoms with Crippen molar-refractivity contribution in [2.24, 2.45) is 17.6 Å². The molecule has 0 aromatic carbocycles. The van der Waals surface area contributed by atoms with Crippen LogP contribution in [0.4, 0.5) is 0 Å². The van der Waals surface area contributed by atoms with Crippen molar-refractivity contribution in [2.75, 3.05) is 20.1 Å². The van der Waals surface area contributed by atoms with Crippen LogP contribution < -0.4 is 5.73 Å². The first-order valence-corrected chi connectivity index (χ1v) is 6.19. The van der Waals surface area contributed by atoms with E-state index in [0.717, 1.165) is 13.0 Å². The van der Waals surface area contributed by atoms with E-state index in [2.05, 4.69) is 4.90 Å². The van der Waals surface area contributed by atoms with Crippen molar-refractivity contribution in [1.82, 2.24) is 4.90 Å². The highest BCUT2D eigenvalue weighted by molar-refractivity contribution is 5.69. The van der Waals surface area contributed by atoms with E-state index in [4.69, 9.17) is 10.8 Å². The summed E-state index contributed by atoms with van der Waals surface area (Å²) < 4.78 is 0. The number of carboxylic acids is 1. The van der Waals surface area contributed by atoms with Crippen molar-refractivity contribution >= 4 is 5.97 Å². The largest absolute Gasteiger partial charge is 0.481 e. The van der Waals surface area contributed by atoms with Gasteiger partial charge in [0.2, 0.25) is 0 Å². The summed E-state index contributed by atoms with van der Waals surface area (Å²) in [5, 5.41) is 8.90. The molecule has 0 bridgehead atoms. The third-order valence-corrected chi connectivity index (χ3v) is 3.72. The highest BCUT2D eigenvalue weighted by Gasteiger charge is 2.28. The van der Waals surface area contributed by atoms with Crippen molar-refractivity contribution < 1.29 is 9.90 Å². The fraction of sp³-hybridized carbons (Fsp3) is 0.917. The molecule has 1 saturated carbocycles. The molecule has 0 amide bonds. The second-order valence-corrected chi connectivity index (χ2v) is 5.03. The van der Waals surface area contributed by atoms with Gasteiger partial charge in [-0.15, -0.1) is 0 Å². The van der Waals surface area contributed by atoms with Gasteiger partial charge in [0.1, 0.15) is 0 Å². The zero-order valence-corrected chi connectivity index (χ0v) is 10.4. The molecule has 0 aromatic rings. The zero-order valence-electron chi connectivity index (χ0n) is 10.4. The molecule has 94 valence electrons. The highest BCUT2D eigenvalue weighted by atomic mass is 16.4. The quantitative estimate of drug-likeness (QED) is 0.741. The van der Waals surface area contributed by atoms with Crippen LogP contribution in [0, 0.1) is 11.8 Å². The standard InChI is InChI=1S/C12H24N2O2/c1-9(12(15)16)8-14(2)11-6-4-3-5-10(11)7-13/h9-11H,3-8,13H2,1-2H3,(H,15,16). The molecular weight excluding hydrogens is 204 g/mol. The number of nitrogens with zero attached hydrogens (tertiary/aromatic N) is 1. The Morgan fingerprint density at radius 2 is 2.12 bits per heavy atom. The van der Waals surface area contributed by atoms with Gasteiger partial charge in [-0.2, -0.15) is 0 Å². The normalized spacial score (nSPS) is 28.0. The Hall–Kier alpha value is -0.610. The molecule has 1 fully saturated rings. The fourth-order valence-electron chi connectivity index (χ4n) is 2.69. The number of hydrogen-bond donors (Lipinski definition) is 2. The van der Waals surface area contributed by atoms with Crippen molar-refractivity contribution in [3.8, 4) is 0 Å². The molecule has 0 saturated heterocycles. The lowest BCUT2D eigenvalue weighted by Crippen LogP contribution is -2.45. The third-order valence-electron chi connectivity index (χ3n) is 3.72. The van der Waals surface area contributed by atoms with Crippen LogP contribution in [-0.2, 0) is 4.79 Å². The highest BCUT2D eigenvalue weighted by Crippen LogP contribution is 2.27. The van der Waals surface area contributed by atoms with Gasteiger partial charge in [-0.25, -0.2) is 0 Å². The summed E-state index contributed by atoms with van der Waals surface area (Å²) in [5.74, 6) is -0.475. The first-order chi connectivity index (χ1) is 7.56. The lowest BCUT2D eigenvalue weighted by atomic mass is 9.83. The minimum atomic E-state index is -0.716. The molecule has 1 rings (SSSR count). The SMILES string of the molecule is CC(CN(C)C1CCCCC1CN)C(=O)O. The Morgan fingerprint density at radius 3 is 2.69 bits per heavy atom. The van der Waals surface area contributed by atoms with E-state index in [1.54, 1.807) is 6.92 Å². The number of carbonyl (C=O) groups is 1. The molecule has 0 aliphatic heterocycles. The fourth-order valence-corrected chi connectivity index (χ4v) is 2.69. The van der Waals surface area contributed by atoms with Gasteiger partial charge >= 0.3 is 5.97 Å². The van der Waals surface area contributed by atoms with Crippen LogP contribution in [0.25, 0.3) is 0 Å². The minimum Gasteiger partial charge on any atom is -0.481 e. The molecule has 3 atom stereocenters. The van der Waals surface area contributed by atoms with E-state index in [9.17, 15) is 4.79 Å². The number of nitrogens with two attached hydrogens (primary N) is 1. The zero-order chi connectivity index (χ0) is 12.1. The van der Waals surface area contributed by atoms with Gasteiger partial charge in [-0.3, -0.25) is 4.79 Å². The maximum atomic E-state index is 10.8. The maximum absolute atomic E-state index is 10.8. The molecule has 0 radical (unpaired) electrons. The van der Waals surface area contributed by atoms with E-state index in [1.807, 2.05) is 7.05 Å². The molecule has 4 nitrogen and oxygen atoms in total. The lowest BCUT2D eigenvalue weighted by Gasteiger charge is -2.38. The molecule has 3 unspecified atom stereocenters. The summed E-state index contributed by atoms with van der Waals surface area (Å²) in [7, 11) is 2.03. The van der Waals surface area contributed by atoms with Crippen molar-refractivity contribution in [2.45, 2.75) is 38.6 Å². The van der Waals surface area contributed by atoms with Crippen LogP contribution in [0.5, 0.6) is 0 Å². The van der Waals surface area contributed by atoms with Crippen molar-refractivity contribution in [3.05, 3.63) is 0 Å². The molecule has 0 heterocycles. The summed E-state index contributed by atoms with van der Waals surface area (Å²) in [4.78, 5) is 13.0. The predicted octanol–water partition coefficient (Wildman–Crippen LogP) is 1.16. The van der Waals surface area contributed by atoms with Crippen molar-refractivity contribution in [3.63, 3.8) is 0 Å². The summed E-state index contributed by atoms with van der Waals surface area (Å²) in [5.41, 5.74) is 5.78. The maximum Gasteiger partial charge on any atom is 0.307 e. The van der Waals surface area contributed by atoms with E-state index in [-0.39, 0.29) is 5.92 Å². The molecule has 1 aliphatic rings. The van der Waals surface area contributed by atoms with Crippen LogP contribution in [0.2, 0.25) is 0 Å². The van der Waals surface area contributed by atoms with Crippen LogP contribution in [0.3, 0.4) is 0 Å². The predicted molar refractivity (Wildman–Crippen MR) is 64.2 cm³/mol. The average molecular weight is 228 g/mol. The molecular formula is C12H24N2O2. The number of rotatable bonds is 5. The lowest BCUT2D eigenvalue weighted by molar-refractivity contribution is -0.141. The Labute approximate surface area is 97.8 Å². The van der Waals surface area contributed by atoms with Gasteiger partial charge in [0.05, 0.1) is 5.92 Å². The second kappa shape index (κ2) is 6.21. The average Bonchev–Trinajstić information content (AvgIpc) is 2.28. The molecule has 0 spiro atoms. The van der Waals surface area contributed by atoms with Crippen LogP contribution >= 0.6 is 0 Å². The number of carboxylic acid groups (broad SMARTS) is 1. The van der Waals surface area contributed by atoms with Crippen molar-refractivity contribution in [1.29, 1.82) is 0 Å². The summed E-state index contributed by atoms with van der Waals surface area (Å²) >= 11 is 0. The van der Waals surface area contributed by atoms with E-state index in [1.165, 1.54) is 19.3 Å². The summed E-state index contributed by atoms with van der Waals surface area (Å²) in [6, 6.07) is 0.473. The van der Waals surface area contributed by atoms with Gasteiger partial charge in [-0.1, -0.05) is 19.8 Å². The van der Waals surface area contributed by atoms with Crippen LogP contribution in [-0.4, -0.2) is 42.2 Å². The van der Waals surface area contributed by atoms with Gasteiger partial charge in [-0.05, 0) is 32.4 Å². The first kappa shape index (κ1) is 13.5. The number of hydrogen-bond acceptors (Lipinski definition) is 3. The third kappa shape index (κ3) is 3.46. The first-order valence-electron chi connectivity index (χ1n) is 6.19. The number of aliphatic carboxylic acids is 1. The van der Waals surface area contributed by atoms with Gasteiger partial charge in [0.15, 0.2) is 0 Å². The van der Waals surface area contributed by atoms with E-state index in [0.29, 0.717) is 18.5 Å². The molecule has 3 N–H and O–H groups in total. The molecule has 1 aliphatic carbocycles. The Bertz CT molecular complexity index is 233. The monoisotopic (exact) mass is 228 g/mol. The topological polar surface area (TPSA) is 66.6 Å². The van der Waals surface area contributed by atoms with Gasteiger partial charge in [0.25, 0.3) is 0 Å². The molecule has 16 heavy (non-hydrogen) atoms. The molecule has 0 aromatic heterocycles. The van der Waals surface area contributed by atoms with E-state index < -0.39 is 5.97 Å². The Kier molecular flexibility index (Phi) is 5.22. The van der Waals surface area contributed by atoms with Crippen LogP contribution in [0.1, 0.15) is 32.6 Å². The Balaban J connectivity index is 2.50. The summed E-state index contributed by atoms with van der Waals surface area (Å²) in [6.45, 7) is 3.10. The second-order valence-electron chi connectivity index (χ2n) is 5.03. The Morgan fingerprint density at radius 1 is 1.50 bits per heavy atom.